The number of rotatable bonds is 4. The number of aromatic amines is 1. The summed E-state index contributed by atoms with van der Waals surface area (Å²) in [7, 11) is 0. The largest absolute Gasteiger partial charge is 0.338 e. The van der Waals surface area contributed by atoms with Crippen LogP contribution in [0.5, 0.6) is 0 Å². The van der Waals surface area contributed by atoms with Crippen LogP contribution < -0.4 is 0 Å². The van der Waals surface area contributed by atoms with Gasteiger partial charge in [-0.05, 0) is 24.3 Å². The molecule has 1 aromatic heterocycles. The maximum absolute atomic E-state index is 12.2. The summed E-state index contributed by atoms with van der Waals surface area (Å²) in [5.41, 5.74) is 2.75. The maximum atomic E-state index is 12.2. The van der Waals surface area contributed by atoms with Crippen molar-refractivity contribution in [1.82, 2.24) is 15.1 Å². The third-order valence-electron chi connectivity index (χ3n) is 3.89. The quantitative estimate of drug-likeness (QED) is 0.881. The van der Waals surface area contributed by atoms with Crippen LogP contribution in [-0.4, -0.2) is 33.3 Å². The molecule has 5 nitrogen and oxygen atoms in total. The molecule has 0 saturated carbocycles. The van der Waals surface area contributed by atoms with Crippen molar-refractivity contribution in [2.24, 2.45) is 0 Å². The Balaban J connectivity index is 1.54. The van der Waals surface area contributed by atoms with E-state index in [2.05, 4.69) is 10.2 Å². The molecule has 2 heterocycles. The van der Waals surface area contributed by atoms with Gasteiger partial charge in [-0.2, -0.15) is 5.10 Å². The Kier molecular flexibility index (Phi) is 4.24. The molecular weight excluding hydrogens is 302 g/mol. The normalized spacial score (nSPS) is 13.8. The van der Waals surface area contributed by atoms with Gasteiger partial charge in [0.25, 0.3) is 0 Å². The molecule has 114 valence electrons. The minimum absolute atomic E-state index is 0.00848. The number of amides is 1. The average molecular weight is 318 g/mol. The monoisotopic (exact) mass is 317 g/mol. The number of nitrogens with zero attached hydrogens (tertiary/aromatic N) is 2. The fourth-order valence-electron chi connectivity index (χ4n) is 2.59. The number of fused-ring (bicyclic) bond motifs is 1. The molecule has 0 saturated heterocycles. The average Bonchev–Trinajstić information content (AvgIpc) is 3.00. The van der Waals surface area contributed by atoms with E-state index in [4.69, 9.17) is 11.6 Å². The van der Waals surface area contributed by atoms with Gasteiger partial charge in [-0.1, -0.05) is 11.6 Å². The Labute approximate surface area is 133 Å². The number of aromatic nitrogens is 2. The highest BCUT2D eigenvalue weighted by molar-refractivity contribution is 6.30. The molecule has 0 atom stereocenters. The molecule has 1 amide bonds. The van der Waals surface area contributed by atoms with Crippen LogP contribution >= 0.6 is 11.6 Å². The summed E-state index contributed by atoms with van der Waals surface area (Å²) in [5, 5.41) is 7.53. The maximum Gasteiger partial charge on any atom is 0.223 e. The van der Waals surface area contributed by atoms with Crippen LogP contribution in [-0.2, 0) is 17.8 Å². The molecule has 22 heavy (non-hydrogen) atoms. The summed E-state index contributed by atoms with van der Waals surface area (Å²) in [6.45, 7) is 1.24. The predicted octanol–water partition coefficient (Wildman–Crippen LogP) is 2.61. The standard InChI is InChI=1S/C16H16ClN3O2/c17-13-3-1-11(2-4-13)15(21)5-6-16(22)20-8-7-14-12(10-20)9-18-19-14/h1-4,9H,5-8,10H2,(H,18,19). The number of halogens is 1. The van der Waals surface area contributed by atoms with Crippen LogP contribution in [0.3, 0.4) is 0 Å². The van der Waals surface area contributed by atoms with Crippen LogP contribution in [0.4, 0.5) is 0 Å². The molecule has 1 aliphatic heterocycles. The van der Waals surface area contributed by atoms with Gasteiger partial charge in [0.15, 0.2) is 5.78 Å². The number of hydrogen-bond donors (Lipinski definition) is 1. The number of ketones is 1. The Morgan fingerprint density at radius 3 is 2.77 bits per heavy atom. The first kappa shape index (κ1) is 14.8. The minimum atomic E-state index is -0.0361. The van der Waals surface area contributed by atoms with E-state index in [1.165, 1.54) is 0 Å². The fraction of sp³-hybridized carbons (Fsp3) is 0.312. The third kappa shape index (κ3) is 3.20. The SMILES string of the molecule is O=C(CCC(=O)N1CCc2[nH]ncc2C1)c1ccc(Cl)cc1. The van der Waals surface area contributed by atoms with E-state index in [-0.39, 0.29) is 24.5 Å². The molecule has 3 rings (SSSR count). The molecule has 0 fully saturated rings. The van der Waals surface area contributed by atoms with E-state index in [9.17, 15) is 9.59 Å². The number of Topliss-reactive ketones (excluding diaryl/α,β-unsaturated/α-hetero) is 1. The fourth-order valence-corrected chi connectivity index (χ4v) is 2.72. The Bertz CT molecular complexity index is 694. The van der Waals surface area contributed by atoms with E-state index in [1.54, 1.807) is 35.4 Å². The number of H-pyrrole nitrogens is 1. The van der Waals surface area contributed by atoms with E-state index in [1.807, 2.05) is 0 Å². The second-order valence-corrected chi connectivity index (χ2v) is 5.81. The zero-order chi connectivity index (χ0) is 15.5. The van der Waals surface area contributed by atoms with E-state index >= 15 is 0 Å². The molecule has 0 bridgehead atoms. The summed E-state index contributed by atoms with van der Waals surface area (Å²) >= 11 is 5.80. The molecule has 0 radical (unpaired) electrons. The topological polar surface area (TPSA) is 66.1 Å². The van der Waals surface area contributed by atoms with Gasteiger partial charge in [-0.15, -0.1) is 0 Å². The molecule has 0 unspecified atom stereocenters. The van der Waals surface area contributed by atoms with Crippen molar-refractivity contribution in [3.05, 3.63) is 52.3 Å². The number of carbonyl (C=O) groups is 2. The van der Waals surface area contributed by atoms with Gasteiger partial charge in [-0.3, -0.25) is 14.7 Å². The predicted molar refractivity (Wildman–Crippen MR) is 82.7 cm³/mol. The summed E-state index contributed by atoms with van der Waals surface area (Å²) in [4.78, 5) is 26.1. The second-order valence-electron chi connectivity index (χ2n) is 5.37. The van der Waals surface area contributed by atoms with Crippen LogP contribution in [0.1, 0.15) is 34.5 Å². The smallest absolute Gasteiger partial charge is 0.223 e. The molecule has 1 N–H and O–H groups in total. The van der Waals surface area contributed by atoms with Crippen molar-refractivity contribution in [2.45, 2.75) is 25.8 Å². The van der Waals surface area contributed by atoms with Crippen molar-refractivity contribution in [2.75, 3.05) is 6.54 Å². The van der Waals surface area contributed by atoms with Crippen LogP contribution in [0.25, 0.3) is 0 Å². The Morgan fingerprint density at radius 1 is 1.23 bits per heavy atom. The highest BCUT2D eigenvalue weighted by Gasteiger charge is 2.22. The van der Waals surface area contributed by atoms with Gasteiger partial charge in [0.2, 0.25) is 5.91 Å². The van der Waals surface area contributed by atoms with Gasteiger partial charge in [0, 0.05) is 54.2 Å². The molecular formula is C16H16ClN3O2. The lowest BCUT2D eigenvalue weighted by molar-refractivity contribution is -0.132. The minimum Gasteiger partial charge on any atom is -0.338 e. The number of benzene rings is 1. The van der Waals surface area contributed by atoms with Crippen LogP contribution in [0.2, 0.25) is 5.02 Å². The molecule has 0 spiro atoms. The molecule has 6 heteroatoms. The van der Waals surface area contributed by atoms with Gasteiger partial charge in [0.05, 0.1) is 6.20 Å². The van der Waals surface area contributed by atoms with Crippen molar-refractivity contribution in [3.63, 3.8) is 0 Å². The Hall–Kier alpha value is -2.14. The molecule has 1 aliphatic rings. The lowest BCUT2D eigenvalue weighted by Crippen LogP contribution is -2.35. The van der Waals surface area contributed by atoms with Gasteiger partial charge in [0.1, 0.15) is 0 Å². The lowest BCUT2D eigenvalue weighted by atomic mass is 10.0. The highest BCUT2D eigenvalue weighted by atomic mass is 35.5. The van der Waals surface area contributed by atoms with Crippen LogP contribution in [0, 0.1) is 0 Å². The van der Waals surface area contributed by atoms with Crippen molar-refractivity contribution >= 4 is 23.3 Å². The van der Waals surface area contributed by atoms with Crippen molar-refractivity contribution < 1.29 is 9.59 Å². The zero-order valence-electron chi connectivity index (χ0n) is 12.0. The van der Waals surface area contributed by atoms with Crippen LogP contribution in [0.15, 0.2) is 30.5 Å². The first-order chi connectivity index (χ1) is 10.6. The molecule has 0 aliphatic carbocycles. The Morgan fingerprint density at radius 2 is 2.00 bits per heavy atom. The van der Waals surface area contributed by atoms with Crippen molar-refractivity contribution in [1.29, 1.82) is 0 Å². The van der Waals surface area contributed by atoms with E-state index < -0.39 is 0 Å². The number of carbonyl (C=O) groups excluding carboxylic acids is 2. The third-order valence-corrected chi connectivity index (χ3v) is 4.14. The molecule has 2 aromatic rings. The highest BCUT2D eigenvalue weighted by Crippen LogP contribution is 2.18. The first-order valence-electron chi connectivity index (χ1n) is 7.21. The molecule has 1 aromatic carbocycles. The summed E-state index contributed by atoms with van der Waals surface area (Å²) < 4.78 is 0. The summed E-state index contributed by atoms with van der Waals surface area (Å²) in [6, 6.07) is 6.74. The lowest BCUT2D eigenvalue weighted by Gasteiger charge is -2.26. The van der Waals surface area contributed by atoms with Gasteiger partial charge < -0.3 is 4.90 Å². The van der Waals surface area contributed by atoms with E-state index in [0.717, 1.165) is 17.7 Å². The second kappa shape index (κ2) is 6.32. The van der Waals surface area contributed by atoms with Gasteiger partial charge in [-0.25, -0.2) is 0 Å². The number of hydrogen-bond acceptors (Lipinski definition) is 3. The summed E-state index contributed by atoms with van der Waals surface area (Å²) in [6.07, 6.45) is 2.99. The van der Waals surface area contributed by atoms with E-state index in [0.29, 0.717) is 23.7 Å². The number of nitrogens with one attached hydrogen (secondary N) is 1. The van der Waals surface area contributed by atoms with Crippen molar-refractivity contribution in [3.8, 4) is 0 Å². The zero-order valence-corrected chi connectivity index (χ0v) is 12.8. The van der Waals surface area contributed by atoms with Gasteiger partial charge >= 0.3 is 0 Å². The first-order valence-corrected chi connectivity index (χ1v) is 7.59. The summed E-state index contributed by atoms with van der Waals surface area (Å²) in [5.74, 6) is -0.0276.